The van der Waals surface area contributed by atoms with Crippen molar-refractivity contribution in [2.75, 3.05) is 13.6 Å². The van der Waals surface area contributed by atoms with Gasteiger partial charge in [0.2, 0.25) is 11.7 Å². The van der Waals surface area contributed by atoms with Gasteiger partial charge in [-0.25, -0.2) is 0 Å². The van der Waals surface area contributed by atoms with Crippen LogP contribution in [0.15, 0.2) is 28.8 Å². The predicted octanol–water partition coefficient (Wildman–Crippen LogP) is 2.24. The summed E-state index contributed by atoms with van der Waals surface area (Å²) in [5.41, 5.74) is 0.541. The Kier molecular flexibility index (Phi) is 4.86. The maximum absolute atomic E-state index is 10.8. The van der Waals surface area contributed by atoms with Crippen molar-refractivity contribution in [1.29, 1.82) is 0 Å². The predicted molar refractivity (Wildman–Crippen MR) is 86.1 cm³/mol. The first kappa shape index (κ1) is 16.5. The van der Waals surface area contributed by atoms with Crippen molar-refractivity contribution >= 4 is 5.69 Å². The van der Waals surface area contributed by atoms with Gasteiger partial charge in [-0.2, -0.15) is 4.98 Å². The molecule has 1 saturated carbocycles. The molecule has 1 aliphatic rings. The Hall–Kier alpha value is -2.32. The molecule has 1 aromatic carbocycles. The molecule has 1 heterocycles. The first-order valence-corrected chi connectivity index (χ1v) is 7.97. The van der Waals surface area contributed by atoms with Crippen LogP contribution in [-0.2, 0) is 6.54 Å². The van der Waals surface area contributed by atoms with Gasteiger partial charge in [0.05, 0.1) is 17.6 Å². The van der Waals surface area contributed by atoms with E-state index in [9.17, 15) is 15.2 Å². The number of nitro benzene ring substituents is 1. The minimum atomic E-state index is -0.453. The molecule has 0 radical (unpaired) electrons. The molecular formula is C16H20N4O4. The summed E-state index contributed by atoms with van der Waals surface area (Å²) in [6.07, 6.45) is 2.75. The highest BCUT2D eigenvalue weighted by molar-refractivity contribution is 5.58. The van der Waals surface area contributed by atoms with Gasteiger partial charge in [-0.05, 0) is 25.8 Å². The van der Waals surface area contributed by atoms with Gasteiger partial charge in [-0.1, -0.05) is 23.7 Å². The first-order valence-electron chi connectivity index (χ1n) is 7.97. The van der Waals surface area contributed by atoms with E-state index in [2.05, 4.69) is 10.1 Å². The first-order chi connectivity index (χ1) is 11.5. The highest BCUT2D eigenvalue weighted by Gasteiger charge is 2.26. The topological polar surface area (TPSA) is 106 Å². The Morgan fingerprint density at radius 2 is 2.29 bits per heavy atom. The van der Waals surface area contributed by atoms with Crippen LogP contribution in [0.1, 0.15) is 25.2 Å². The molecule has 2 aromatic rings. The zero-order valence-electron chi connectivity index (χ0n) is 13.5. The number of benzene rings is 1. The molecule has 8 nitrogen and oxygen atoms in total. The number of aliphatic hydroxyl groups is 1. The number of non-ortho nitro benzene ring substituents is 1. The molecule has 0 bridgehead atoms. The minimum absolute atomic E-state index is 0.00816. The quantitative estimate of drug-likeness (QED) is 0.638. The molecular weight excluding hydrogens is 312 g/mol. The number of rotatable bonds is 6. The lowest BCUT2D eigenvalue weighted by molar-refractivity contribution is -0.384. The molecule has 1 N–H and O–H groups in total. The molecule has 2 unspecified atom stereocenters. The summed E-state index contributed by atoms with van der Waals surface area (Å²) in [6, 6.07) is 6.15. The lowest BCUT2D eigenvalue weighted by Crippen LogP contribution is -2.29. The van der Waals surface area contributed by atoms with Crippen molar-refractivity contribution in [3.05, 3.63) is 40.3 Å². The van der Waals surface area contributed by atoms with E-state index in [1.165, 1.54) is 12.1 Å². The average Bonchev–Trinajstić information content (AvgIpc) is 3.17. The average molecular weight is 332 g/mol. The Morgan fingerprint density at radius 1 is 1.46 bits per heavy atom. The molecule has 3 rings (SSSR count). The molecule has 0 amide bonds. The Morgan fingerprint density at radius 3 is 3.00 bits per heavy atom. The van der Waals surface area contributed by atoms with Crippen LogP contribution in [-0.4, -0.2) is 44.8 Å². The van der Waals surface area contributed by atoms with Gasteiger partial charge in [-0.3, -0.25) is 15.0 Å². The summed E-state index contributed by atoms with van der Waals surface area (Å²) < 4.78 is 5.25. The molecule has 128 valence electrons. The van der Waals surface area contributed by atoms with E-state index in [1.807, 2.05) is 11.9 Å². The number of aliphatic hydroxyl groups excluding tert-OH is 1. The Labute approximate surface area is 139 Å². The Balaban J connectivity index is 1.65. The summed E-state index contributed by atoms with van der Waals surface area (Å²) in [5, 5.41) is 24.6. The molecule has 0 spiro atoms. The van der Waals surface area contributed by atoms with Gasteiger partial charge >= 0.3 is 0 Å². The van der Waals surface area contributed by atoms with Gasteiger partial charge in [0.15, 0.2) is 0 Å². The van der Waals surface area contributed by atoms with E-state index >= 15 is 0 Å². The third-order valence-electron chi connectivity index (χ3n) is 4.35. The monoisotopic (exact) mass is 332 g/mol. The van der Waals surface area contributed by atoms with Crippen LogP contribution in [0.25, 0.3) is 11.4 Å². The molecule has 24 heavy (non-hydrogen) atoms. The van der Waals surface area contributed by atoms with E-state index in [-0.39, 0.29) is 17.7 Å². The maximum Gasteiger partial charge on any atom is 0.270 e. The second-order valence-corrected chi connectivity index (χ2v) is 6.27. The summed E-state index contributed by atoms with van der Waals surface area (Å²) >= 11 is 0. The number of hydrogen-bond donors (Lipinski definition) is 1. The fourth-order valence-corrected chi connectivity index (χ4v) is 3.12. The van der Waals surface area contributed by atoms with Crippen molar-refractivity contribution < 1.29 is 14.6 Å². The zero-order valence-corrected chi connectivity index (χ0v) is 13.5. The lowest BCUT2D eigenvalue weighted by atomic mass is 10.1. The molecule has 2 atom stereocenters. The highest BCUT2D eigenvalue weighted by atomic mass is 16.6. The van der Waals surface area contributed by atoms with Gasteiger partial charge < -0.3 is 9.63 Å². The summed E-state index contributed by atoms with van der Waals surface area (Å²) in [4.78, 5) is 16.7. The van der Waals surface area contributed by atoms with Crippen LogP contribution >= 0.6 is 0 Å². The standard InChI is InChI=1S/C16H20N4O4/c1-19(9-12-5-3-7-14(12)21)10-15-17-16(18-24-15)11-4-2-6-13(8-11)20(22)23/h2,4,6,8,12,14,21H,3,5,7,9-10H2,1H3. The van der Waals surface area contributed by atoms with Crippen molar-refractivity contribution in [3.63, 3.8) is 0 Å². The van der Waals surface area contributed by atoms with Crippen molar-refractivity contribution in [3.8, 4) is 11.4 Å². The van der Waals surface area contributed by atoms with Crippen LogP contribution < -0.4 is 0 Å². The third-order valence-corrected chi connectivity index (χ3v) is 4.35. The number of nitrogens with zero attached hydrogens (tertiary/aromatic N) is 4. The van der Waals surface area contributed by atoms with Crippen molar-refractivity contribution in [1.82, 2.24) is 15.0 Å². The second kappa shape index (κ2) is 7.06. The minimum Gasteiger partial charge on any atom is -0.393 e. The fourth-order valence-electron chi connectivity index (χ4n) is 3.12. The van der Waals surface area contributed by atoms with Crippen LogP contribution in [0.4, 0.5) is 5.69 Å². The zero-order chi connectivity index (χ0) is 17.1. The molecule has 0 saturated heterocycles. The van der Waals surface area contributed by atoms with E-state index in [1.54, 1.807) is 12.1 Å². The van der Waals surface area contributed by atoms with Gasteiger partial charge in [0.1, 0.15) is 0 Å². The SMILES string of the molecule is CN(Cc1nc(-c2cccc([N+](=O)[O-])c2)no1)CC1CCCC1O. The number of hydrogen-bond acceptors (Lipinski definition) is 7. The van der Waals surface area contributed by atoms with Crippen molar-refractivity contribution in [2.24, 2.45) is 5.92 Å². The number of nitro groups is 1. The van der Waals surface area contributed by atoms with Gasteiger partial charge in [0.25, 0.3) is 5.69 Å². The summed E-state index contributed by atoms with van der Waals surface area (Å²) in [5.74, 6) is 1.07. The van der Waals surface area contributed by atoms with Crippen molar-refractivity contribution in [2.45, 2.75) is 31.9 Å². The van der Waals surface area contributed by atoms with Crippen LogP contribution in [0.5, 0.6) is 0 Å². The maximum atomic E-state index is 10.8. The van der Waals surface area contributed by atoms with Crippen LogP contribution in [0.2, 0.25) is 0 Å². The highest BCUT2D eigenvalue weighted by Crippen LogP contribution is 2.26. The van der Waals surface area contributed by atoms with E-state index < -0.39 is 4.92 Å². The second-order valence-electron chi connectivity index (χ2n) is 6.27. The molecule has 1 fully saturated rings. The fraction of sp³-hybridized carbons (Fsp3) is 0.500. The van der Waals surface area contributed by atoms with E-state index in [0.717, 1.165) is 25.8 Å². The van der Waals surface area contributed by atoms with Gasteiger partial charge in [0, 0.05) is 24.2 Å². The normalized spacial score (nSPS) is 20.6. The van der Waals surface area contributed by atoms with Crippen LogP contribution in [0, 0.1) is 16.0 Å². The number of aromatic nitrogens is 2. The lowest BCUT2D eigenvalue weighted by Gasteiger charge is -2.21. The largest absolute Gasteiger partial charge is 0.393 e. The summed E-state index contributed by atoms with van der Waals surface area (Å²) in [6.45, 7) is 1.25. The molecule has 1 aromatic heterocycles. The Bertz CT molecular complexity index is 718. The van der Waals surface area contributed by atoms with E-state index in [0.29, 0.717) is 23.8 Å². The molecule has 1 aliphatic carbocycles. The third kappa shape index (κ3) is 3.77. The summed E-state index contributed by atoms with van der Waals surface area (Å²) in [7, 11) is 1.95. The smallest absolute Gasteiger partial charge is 0.270 e. The van der Waals surface area contributed by atoms with Gasteiger partial charge in [-0.15, -0.1) is 0 Å². The van der Waals surface area contributed by atoms with E-state index in [4.69, 9.17) is 4.52 Å². The van der Waals surface area contributed by atoms with Crippen LogP contribution in [0.3, 0.4) is 0 Å². The molecule has 8 heteroatoms. The molecule has 0 aliphatic heterocycles.